The van der Waals surface area contributed by atoms with Gasteiger partial charge >= 0.3 is 0 Å². The second-order valence-corrected chi connectivity index (χ2v) is 5.17. The van der Waals surface area contributed by atoms with Crippen LogP contribution in [0.5, 0.6) is 0 Å². The fourth-order valence-electron chi connectivity index (χ4n) is 2.34. The molecule has 0 aliphatic rings. The summed E-state index contributed by atoms with van der Waals surface area (Å²) < 4.78 is 2.20. The molecule has 0 amide bonds. The molecule has 2 aromatic heterocycles. The maximum absolute atomic E-state index is 5.89. The smallest absolute Gasteiger partial charge is 0.0948 e. The monoisotopic (exact) mass is 258 g/mol. The summed E-state index contributed by atoms with van der Waals surface area (Å²) in [6.07, 6.45) is 6.58. The van der Waals surface area contributed by atoms with Crippen LogP contribution in [0.1, 0.15) is 31.2 Å². The Kier molecular flexibility index (Phi) is 4.68. The quantitative estimate of drug-likeness (QED) is 0.864. The minimum atomic E-state index is 0.367. The first-order valence-corrected chi connectivity index (χ1v) is 6.82. The van der Waals surface area contributed by atoms with Gasteiger partial charge in [-0.05, 0) is 18.1 Å². The molecule has 19 heavy (non-hydrogen) atoms. The highest BCUT2D eigenvalue weighted by Gasteiger charge is 2.17. The van der Waals surface area contributed by atoms with Crippen molar-refractivity contribution >= 4 is 0 Å². The van der Waals surface area contributed by atoms with Crippen LogP contribution < -0.4 is 5.73 Å². The van der Waals surface area contributed by atoms with Gasteiger partial charge < -0.3 is 10.3 Å². The number of nitrogens with zero attached hydrogens (tertiary/aromatic N) is 3. The number of imidazole rings is 1. The van der Waals surface area contributed by atoms with E-state index in [4.69, 9.17) is 5.73 Å². The Hall–Kier alpha value is -1.68. The summed E-state index contributed by atoms with van der Waals surface area (Å²) >= 11 is 0. The zero-order chi connectivity index (χ0) is 13.7. The molecular formula is C15H22N4. The fourth-order valence-corrected chi connectivity index (χ4v) is 2.34. The Morgan fingerprint density at radius 1 is 1.32 bits per heavy atom. The van der Waals surface area contributed by atoms with E-state index in [2.05, 4.69) is 34.4 Å². The van der Waals surface area contributed by atoms with E-state index in [0.717, 1.165) is 18.7 Å². The van der Waals surface area contributed by atoms with Crippen molar-refractivity contribution in [2.45, 2.75) is 32.7 Å². The number of nitrogens with two attached hydrogens (primary N) is 1. The highest BCUT2D eigenvalue weighted by Crippen LogP contribution is 2.23. The van der Waals surface area contributed by atoms with E-state index >= 15 is 0 Å². The molecule has 1 atom stereocenters. The third kappa shape index (κ3) is 3.41. The summed E-state index contributed by atoms with van der Waals surface area (Å²) in [7, 11) is 0. The summed E-state index contributed by atoms with van der Waals surface area (Å²) in [5, 5.41) is 0. The Bertz CT molecular complexity index is 490. The Labute approximate surface area is 114 Å². The van der Waals surface area contributed by atoms with E-state index in [-0.39, 0.29) is 0 Å². The van der Waals surface area contributed by atoms with Crippen molar-refractivity contribution in [3.8, 4) is 0 Å². The minimum absolute atomic E-state index is 0.367. The first-order valence-electron chi connectivity index (χ1n) is 6.82. The molecule has 2 aromatic rings. The number of hydrogen-bond acceptors (Lipinski definition) is 3. The lowest BCUT2D eigenvalue weighted by atomic mass is 9.93. The summed E-state index contributed by atoms with van der Waals surface area (Å²) in [6.45, 7) is 5.96. The van der Waals surface area contributed by atoms with E-state index in [1.54, 1.807) is 0 Å². The molecule has 0 bridgehead atoms. The molecule has 0 aliphatic heterocycles. The van der Waals surface area contributed by atoms with Gasteiger partial charge in [-0.3, -0.25) is 4.98 Å². The molecule has 0 saturated carbocycles. The van der Waals surface area contributed by atoms with Gasteiger partial charge in [-0.1, -0.05) is 19.9 Å². The topological polar surface area (TPSA) is 56.7 Å². The molecule has 0 spiro atoms. The van der Waals surface area contributed by atoms with Gasteiger partial charge in [-0.25, -0.2) is 4.98 Å². The van der Waals surface area contributed by atoms with Crippen molar-refractivity contribution in [3.63, 3.8) is 0 Å². The standard InChI is InChI=1S/C15H22N4/c1-12(2)14(9-16)15-10-17-11-19(15)8-6-13-5-3-4-7-18-13/h3-5,7,10-12,14H,6,8-9,16H2,1-2H3. The average Bonchev–Trinajstić information content (AvgIpc) is 2.86. The molecular weight excluding hydrogens is 236 g/mol. The van der Waals surface area contributed by atoms with Crippen LogP contribution >= 0.6 is 0 Å². The molecule has 1 unspecified atom stereocenters. The molecule has 4 heteroatoms. The second-order valence-electron chi connectivity index (χ2n) is 5.17. The van der Waals surface area contributed by atoms with Crippen molar-refractivity contribution in [1.29, 1.82) is 0 Å². The van der Waals surface area contributed by atoms with Crippen molar-refractivity contribution < 1.29 is 0 Å². The van der Waals surface area contributed by atoms with Crippen LogP contribution in [0.15, 0.2) is 36.9 Å². The van der Waals surface area contributed by atoms with Crippen molar-refractivity contribution in [1.82, 2.24) is 14.5 Å². The van der Waals surface area contributed by atoms with Crippen LogP contribution in [0.2, 0.25) is 0 Å². The zero-order valence-corrected chi connectivity index (χ0v) is 11.7. The highest BCUT2D eigenvalue weighted by atomic mass is 15.0. The minimum Gasteiger partial charge on any atom is -0.334 e. The fraction of sp³-hybridized carbons (Fsp3) is 0.467. The van der Waals surface area contributed by atoms with Crippen LogP contribution in [-0.2, 0) is 13.0 Å². The maximum atomic E-state index is 5.89. The SMILES string of the molecule is CC(C)C(CN)c1cncn1CCc1ccccn1. The van der Waals surface area contributed by atoms with Crippen molar-refractivity contribution in [2.75, 3.05) is 6.54 Å². The van der Waals surface area contributed by atoms with Crippen molar-refractivity contribution in [2.24, 2.45) is 11.7 Å². The number of hydrogen-bond donors (Lipinski definition) is 1. The zero-order valence-electron chi connectivity index (χ0n) is 11.7. The van der Waals surface area contributed by atoms with Gasteiger partial charge in [0.15, 0.2) is 0 Å². The molecule has 0 aliphatic carbocycles. The normalized spacial score (nSPS) is 12.8. The van der Waals surface area contributed by atoms with Gasteiger partial charge in [0.05, 0.1) is 6.33 Å². The van der Waals surface area contributed by atoms with E-state index < -0.39 is 0 Å². The van der Waals surface area contributed by atoms with Crippen LogP contribution in [0, 0.1) is 5.92 Å². The Morgan fingerprint density at radius 3 is 2.79 bits per heavy atom. The largest absolute Gasteiger partial charge is 0.334 e. The van der Waals surface area contributed by atoms with Crippen molar-refractivity contribution in [3.05, 3.63) is 48.3 Å². The third-order valence-corrected chi connectivity index (χ3v) is 3.52. The lowest BCUT2D eigenvalue weighted by Gasteiger charge is -2.20. The molecule has 2 rings (SSSR count). The summed E-state index contributed by atoms with van der Waals surface area (Å²) in [6, 6.07) is 6.02. The number of aromatic nitrogens is 3. The molecule has 0 fully saturated rings. The molecule has 0 radical (unpaired) electrons. The molecule has 0 saturated heterocycles. The molecule has 2 N–H and O–H groups in total. The molecule has 4 nitrogen and oxygen atoms in total. The van der Waals surface area contributed by atoms with E-state index in [1.165, 1.54) is 5.69 Å². The molecule has 102 valence electrons. The van der Waals surface area contributed by atoms with Crippen LogP contribution in [0.25, 0.3) is 0 Å². The summed E-state index contributed by atoms with van der Waals surface area (Å²) in [5.74, 6) is 0.890. The van der Waals surface area contributed by atoms with Crippen LogP contribution in [-0.4, -0.2) is 21.1 Å². The third-order valence-electron chi connectivity index (χ3n) is 3.52. The van der Waals surface area contributed by atoms with E-state index in [1.807, 2.05) is 30.9 Å². The highest BCUT2D eigenvalue weighted by molar-refractivity contribution is 5.09. The van der Waals surface area contributed by atoms with Gasteiger partial charge in [-0.15, -0.1) is 0 Å². The molecule has 0 aromatic carbocycles. The second kappa shape index (κ2) is 6.48. The average molecular weight is 258 g/mol. The predicted octanol–water partition coefficient (Wildman–Crippen LogP) is 2.22. The lowest BCUT2D eigenvalue weighted by molar-refractivity contribution is 0.471. The Morgan fingerprint density at radius 2 is 2.16 bits per heavy atom. The van der Waals surface area contributed by atoms with Gasteiger partial charge in [0.25, 0.3) is 0 Å². The van der Waals surface area contributed by atoms with Gasteiger partial charge in [0.2, 0.25) is 0 Å². The first-order chi connectivity index (χ1) is 9.22. The van der Waals surface area contributed by atoms with E-state index in [9.17, 15) is 0 Å². The van der Waals surface area contributed by atoms with Gasteiger partial charge in [-0.2, -0.15) is 0 Å². The predicted molar refractivity (Wildman–Crippen MR) is 76.8 cm³/mol. The lowest BCUT2D eigenvalue weighted by Crippen LogP contribution is -2.21. The van der Waals surface area contributed by atoms with Gasteiger partial charge in [0, 0.05) is 49.2 Å². The summed E-state index contributed by atoms with van der Waals surface area (Å²) in [5.41, 5.74) is 8.23. The number of pyridine rings is 1. The van der Waals surface area contributed by atoms with Crippen LogP contribution in [0.3, 0.4) is 0 Å². The number of rotatable bonds is 6. The molecule has 2 heterocycles. The first kappa shape index (κ1) is 13.7. The maximum Gasteiger partial charge on any atom is 0.0948 e. The Balaban J connectivity index is 2.07. The van der Waals surface area contributed by atoms with E-state index in [0.29, 0.717) is 18.4 Å². The van der Waals surface area contributed by atoms with Gasteiger partial charge in [0.1, 0.15) is 0 Å². The summed E-state index contributed by atoms with van der Waals surface area (Å²) in [4.78, 5) is 8.62. The number of aryl methyl sites for hydroxylation is 2. The van der Waals surface area contributed by atoms with Crippen LogP contribution in [0.4, 0.5) is 0 Å².